The van der Waals surface area contributed by atoms with E-state index in [-0.39, 0.29) is 23.0 Å². The van der Waals surface area contributed by atoms with E-state index in [1.165, 1.54) is 45.6 Å². The smallest absolute Gasteiger partial charge is 0.243 e. The first-order chi connectivity index (χ1) is 16.3. The number of anilines is 1. The number of hydrogen-bond donors (Lipinski definition) is 1. The first-order valence-electron chi connectivity index (χ1n) is 10.9. The van der Waals surface area contributed by atoms with Crippen molar-refractivity contribution in [3.8, 4) is 0 Å². The first-order valence-corrected chi connectivity index (χ1v) is 14.1. The maximum Gasteiger partial charge on any atom is 0.243 e. The fourth-order valence-electron chi connectivity index (χ4n) is 3.54. The zero-order valence-corrected chi connectivity index (χ0v) is 21.1. The summed E-state index contributed by atoms with van der Waals surface area (Å²) in [5.74, 6) is 0.527. The van der Waals surface area contributed by atoms with Gasteiger partial charge in [-0.15, -0.1) is 10.2 Å². The molecule has 0 unspecified atom stereocenters. The van der Waals surface area contributed by atoms with Crippen molar-refractivity contribution in [3.63, 3.8) is 0 Å². The highest BCUT2D eigenvalue weighted by atomic mass is 32.2. The standard InChI is InChI=1S/C23H25FN4O3S3/c1-16-10-12-28(13-11-16)34(30,31)19-8-6-17(7-9-19)21(29)14-25-22-26-27-23(33-22)32-15-18-4-2-3-5-20(18)24/h2-9,16H,10-15H2,1H3,(H,25,26). The number of Topliss-reactive ketones (excluding diaryl/α,β-unsaturated/α-hetero) is 1. The summed E-state index contributed by atoms with van der Waals surface area (Å²) >= 11 is 2.66. The number of halogens is 1. The van der Waals surface area contributed by atoms with E-state index in [1.807, 2.05) is 0 Å². The molecule has 180 valence electrons. The number of thioether (sulfide) groups is 1. The fourth-order valence-corrected chi connectivity index (χ4v) is 6.74. The number of carbonyl (C=O) groups is 1. The summed E-state index contributed by atoms with van der Waals surface area (Å²) in [4.78, 5) is 12.8. The second-order valence-corrected chi connectivity index (χ2v) is 12.3. The van der Waals surface area contributed by atoms with E-state index in [0.717, 1.165) is 12.8 Å². The van der Waals surface area contributed by atoms with E-state index in [9.17, 15) is 17.6 Å². The van der Waals surface area contributed by atoms with Crippen LogP contribution in [0.2, 0.25) is 0 Å². The van der Waals surface area contributed by atoms with E-state index in [2.05, 4.69) is 22.4 Å². The molecular formula is C23H25FN4O3S3. The molecule has 34 heavy (non-hydrogen) atoms. The Bertz CT molecular complexity index is 1240. The van der Waals surface area contributed by atoms with Crippen LogP contribution in [0, 0.1) is 11.7 Å². The second-order valence-electron chi connectivity index (χ2n) is 8.14. The van der Waals surface area contributed by atoms with Crippen molar-refractivity contribution in [2.75, 3.05) is 25.0 Å². The number of carbonyl (C=O) groups excluding carboxylic acids is 1. The van der Waals surface area contributed by atoms with E-state index < -0.39 is 10.0 Å². The lowest BCUT2D eigenvalue weighted by atomic mass is 10.0. The van der Waals surface area contributed by atoms with E-state index in [1.54, 1.807) is 30.3 Å². The molecule has 1 fully saturated rings. The molecule has 7 nitrogen and oxygen atoms in total. The van der Waals surface area contributed by atoms with E-state index in [0.29, 0.717) is 45.4 Å². The molecule has 1 aliphatic rings. The van der Waals surface area contributed by atoms with Crippen LogP contribution in [0.25, 0.3) is 0 Å². The number of nitrogens with zero attached hydrogens (tertiary/aromatic N) is 3. The molecule has 0 amide bonds. The zero-order chi connectivity index (χ0) is 24.1. The van der Waals surface area contributed by atoms with Crippen molar-refractivity contribution >= 4 is 44.0 Å². The van der Waals surface area contributed by atoms with Crippen LogP contribution >= 0.6 is 23.1 Å². The Hall–Kier alpha value is -2.34. The predicted octanol–water partition coefficient (Wildman–Crippen LogP) is 4.68. The minimum Gasteiger partial charge on any atom is -0.353 e. The van der Waals surface area contributed by atoms with Crippen LogP contribution in [-0.4, -0.2) is 48.3 Å². The highest BCUT2D eigenvalue weighted by Gasteiger charge is 2.28. The van der Waals surface area contributed by atoms with Crippen LogP contribution in [0.1, 0.15) is 35.7 Å². The quantitative estimate of drug-likeness (QED) is 0.323. The molecule has 0 radical (unpaired) electrons. The summed E-state index contributed by atoms with van der Waals surface area (Å²) < 4.78 is 41.6. The van der Waals surface area contributed by atoms with Crippen molar-refractivity contribution in [2.45, 2.75) is 34.8 Å². The molecule has 1 N–H and O–H groups in total. The van der Waals surface area contributed by atoms with Crippen LogP contribution in [0.4, 0.5) is 9.52 Å². The molecule has 2 aromatic carbocycles. The third-order valence-electron chi connectivity index (χ3n) is 5.67. The van der Waals surface area contributed by atoms with Gasteiger partial charge in [0, 0.05) is 24.4 Å². The van der Waals surface area contributed by atoms with Gasteiger partial charge in [0.2, 0.25) is 15.2 Å². The summed E-state index contributed by atoms with van der Waals surface area (Å²) in [6, 6.07) is 12.6. The minimum atomic E-state index is -3.54. The minimum absolute atomic E-state index is 0.00270. The molecule has 0 aliphatic carbocycles. The largest absolute Gasteiger partial charge is 0.353 e. The van der Waals surface area contributed by atoms with Crippen molar-refractivity contribution in [1.82, 2.24) is 14.5 Å². The Balaban J connectivity index is 1.30. The van der Waals surface area contributed by atoms with Crippen LogP contribution in [-0.2, 0) is 15.8 Å². The number of ketones is 1. The SMILES string of the molecule is CC1CCN(S(=O)(=O)c2ccc(C(=O)CNc3nnc(SCc4ccccc4F)s3)cc2)CC1. The highest BCUT2D eigenvalue weighted by Crippen LogP contribution is 2.29. The normalized spacial score (nSPS) is 15.4. The van der Waals surface area contributed by atoms with Gasteiger partial charge in [-0.3, -0.25) is 4.79 Å². The third kappa shape index (κ3) is 6.01. The summed E-state index contributed by atoms with van der Waals surface area (Å²) in [5, 5.41) is 11.5. The third-order valence-corrected chi connectivity index (χ3v) is 9.65. The Morgan fingerprint density at radius 3 is 2.56 bits per heavy atom. The van der Waals surface area contributed by atoms with Crippen LogP contribution in [0.5, 0.6) is 0 Å². The highest BCUT2D eigenvalue weighted by molar-refractivity contribution is 8.00. The van der Waals surface area contributed by atoms with Gasteiger partial charge in [-0.2, -0.15) is 4.31 Å². The first kappa shape index (κ1) is 24.8. The average Bonchev–Trinajstić information content (AvgIpc) is 3.30. The molecule has 1 saturated heterocycles. The fraction of sp³-hybridized carbons (Fsp3) is 0.348. The lowest BCUT2D eigenvalue weighted by Crippen LogP contribution is -2.37. The van der Waals surface area contributed by atoms with E-state index in [4.69, 9.17) is 0 Å². The molecule has 0 saturated carbocycles. The number of hydrogen-bond acceptors (Lipinski definition) is 8. The summed E-state index contributed by atoms with van der Waals surface area (Å²) in [6.45, 7) is 3.18. The molecule has 1 aliphatic heterocycles. The van der Waals surface area contributed by atoms with Crippen LogP contribution in [0.15, 0.2) is 57.8 Å². The molecule has 1 aromatic heterocycles. The lowest BCUT2D eigenvalue weighted by Gasteiger charge is -2.29. The van der Waals surface area contributed by atoms with Gasteiger partial charge >= 0.3 is 0 Å². The van der Waals surface area contributed by atoms with Gasteiger partial charge in [0.15, 0.2) is 10.1 Å². The molecule has 0 spiro atoms. The van der Waals surface area contributed by atoms with Crippen molar-refractivity contribution < 1.29 is 17.6 Å². The maximum absolute atomic E-state index is 13.7. The number of piperidine rings is 1. The number of sulfonamides is 1. The zero-order valence-electron chi connectivity index (χ0n) is 18.6. The van der Waals surface area contributed by atoms with Gasteiger partial charge in [-0.05, 0) is 54.7 Å². The number of rotatable bonds is 9. The van der Waals surface area contributed by atoms with Gasteiger partial charge in [-0.25, -0.2) is 12.8 Å². The van der Waals surface area contributed by atoms with Crippen LogP contribution in [0.3, 0.4) is 0 Å². The Kier molecular flexibility index (Phi) is 7.97. The molecule has 0 atom stereocenters. The van der Waals surface area contributed by atoms with Crippen LogP contribution < -0.4 is 5.32 Å². The van der Waals surface area contributed by atoms with Crippen molar-refractivity contribution in [2.24, 2.45) is 5.92 Å². The number of nitrogens with one attached hydrogen (secondary N) is 1. The Morgan fingerprint density at radius 1 is 1.15 bits per heavy atom. The second kappa shape index (κ2) is 10.9. The van der Waals surface area contributed by atoms with Gasteiger partial charge in [0.25, 0.3) is 0 Å². The Labute approximate surface area is 206 Å². The van der Waals surface area contributed by atoms with Crippen molar-refractivity contribution in [3.05, 3.63) is 65.5 Å². The molecule has 11 heteroatoms. The topological polar surface area (TPSA) is 92.3 Å². The average molecular weight is 521 g/mol. The van der Waals surface area contributed by atoms with Crippen molar-refractivity contribution in [1.29, 1.82) is 0 Å². The summed E-state index contributed by atoms with van der Waals surface area (Å²) in [7, 11) is -3.54. The van der Waals surface area contributed by atoms with Gasteiger partial charge in [-0.1, -0.05) is 48.2 Å². The number of benzene rings is 2. The Morgan fingerprint density at radius 2 is 1.85 bits per heavy atom. The van der Waals surface area contributed by atoms with Gasteiger partial charge < -0.3 is 5.32 Å². The molecule has 0 bridgehead atoms. The van der Waals surface area contributed by atoms with E-state index >= 15 is 0 Å². The van der Waals surface area contributed by atoms with Gasteiger partial charge in [0.1, 0.15) is 5.82 Å². The lowest BCUT2D eigenvalue weighted by molar-refractivity contribution is 0.101. The number of aromatic nitrogens is 2. The van der Waals surface area contributed by atoms with Gasteiger partial charge in [0.05, 0.1) is 11.4 Å². The molecule has 2 heterocycles. The summed E-state index contributed by atoms with van der Waals surface area (Å²) in [5.41, 5.74) is 1.00. The monoisotopic (exact) mass is 520 g/mol. The molecular weight excluding hydrogens is 495 g/mol. The molecule has 4 rings (SSSR count). The molecule has 3 aromatic rings. The maximum atomic E-state index is 13.7. The predicted molar refractivity (Wildman–Crippen MR) is 132 cm³/mol. The summed E-state index contributed by atoms with van der Waals surface area (Å²) in [6.07, 6.45) is 1.72.